The molecule has 0 amide bonds. The number of hydrogen-bond donors (Lipinski definition) is 2. The van der Waals surface area contributed by atoms with E-state index in [0.29, 0.717) is 21.7 Å². The molecule has 0 heterocycles. The second-order valence-corrected chi connectivity index (χ2v) is 7.23. The second-order valence-electron chi connectivity index (χ2n) is 4.27. The van der Waals surface area contributed by atoms with Crippen LogP contribution in [0.3, 0.4) is 0 Å². The predicted molar refractivity (Wildman–Crippen MR) is 82.9 cm³/mol. The first-order valence-corrected chi connectivity index (χ1v) is 8.78. The minimum Gasteiger partial charge on any atom is -0.398 e. The number of sulfonamides is 1. The third-order valence-corrected chi connectivity index (χ3v) is 5.49. The summed E-state index contributed by atoms with van der Waals surface area (Å²) in [7, 11) is -3.58. The van der Waals surface area contributed by atoms with Crippen LogP contribution in [0.4, 0.5) is 5.69 Å². The van der Waals surface area contributed by atoms with Gasteiger partial charge in [-0.1, -0.05) is 37.8 Å². The highest BCUT2D eigenvalue weighted by atomic mass is 79.9. The van der Waals surface area contributed by atoms with E-state index in [1.54, 1.807) is 0 Å². The van der Waals surface area contributed by atoms with E-state index in [0.717, 1.165) is 25.7 Å². The van der Waals surface area contributed by atoms with E-state index in [-0.39, 0.29) is 4.90 Å². The molecule has 19 heavy (non-hydrogen) atoms. The van der Waals surface area contributed by atoms with E-state index >= 15 is 0 Å². The molecule has 4 nitrogen and oxygen atoms in total. The van der Waals surface area contributed by atoms with Gasteiger partial charge in [0.15, 0.2) is 0 Å². The van der Waals surface area contributed by atoms with Crippen LogP contribution in [0.25, 0.3) is 0 Å². The SMILES string of the molecule is CCCCCCNS(=O)(=O)c1cc(Cl)cc(N)c1Br. The summed E-state index contributed by atoms with van der Waals surface area (Å²) in [6, 6.07) is 2.89. The fourth-order valence-electron chi connectivity index (χ4n) is 1.62. The monoisotopic (exact) mass is 368 g/mol. The van der Waals surface area contributed by atoms with E-state index in [9.17, 15) is 8.42 Å². The average molecular weight is 370 g/mol. The van der Waals surface area contributed by atoms with Crippen molar-refractivity contribution in [2.45, 2.75) is 37.5 Å². The minimum absolute atomic E-state index is 0.0768. The number of rotatable bonds is 7. The molecule has 0 saturated heterocycles. The summed E-state index contributed by atoms with van der Waals surface area (Å²) in [6.45, 7) is 2.53. The topological polar surface area (TPSA) is 72.2 Å². The van der Waals surface area contributed by atoms with E-state index < -0.39 is 10.0 Å². The highest BCUT2D eigenvalue weighted by molar-refractivity contribution is 9.10. The van der Waals surface area contributed by atoms with Crippen LogP contribution in [0.15, 0.2) is 21.5 Å². The van der Waals surface area contributed by atoms with Gasteiger partial charge in [-0.05, 0) is 34.5 Å². The van der Waals surface area contributed by atoms with Crippen LogP contribution in [0.1, 0.15) is 32.6 Å². The van der Waals surface area contributed by atoms with Crippen molar-refractivity contribution in [1.82, 2.24) is 4.72 Å². The summed E-state index contributed by atoms with van der Waals surface area (Å²) >= 11 is 9.02. The molecule has 1 rings (SSSR count). The van der Waals surface area contributed by atoms with Crippen molar-refractivity contribution in [2.75, 3.05) is 12.3 Å². The van der Waals surface area contributed by atoms with E-state index in [4.69, 9.17) is 17.3 Å². The van der Waals surface area contributed by atoms with Crippen LogP contribution in [0.2, 0.25) is 5.02 Å². The summed E-state index contributed by atoms with van der Waals surface area (Å²) in [4.78, 5) is 0.0768. The van der Waals surface area contributed by atoms with Gasteiger partial charge in [0.25, 0.3) is 0 Å². The number of anilines is 1. The molecule has 0 aliphatic carbocycles. The summed E-state index contributed by atoms with van der Waals surface area (Å²) in [5.74, 6) is 0. The predicted octanol–water partition coefficient (Wildman–Crippen LogP) is 3.54. The van der Waals surface area contributed by atoms with Gasteiger partial charge in [0.1, 0.15) is 0 Å². The lowest BCUT2D eigenvalue weighted by molar-refractivity contribution is 0.573. The third-order valence-electron chi connectivity index (χ3n) is 2.64. The molecule has 1 aromatic carbocycles. The molecule has 0 aliphatic rings. The maximum atomic E-state index is 12.1. The number of halogens is 2. The van der Waals surface area contributed by atoms with Crippen molar-refractivity contribution in [3.63, 3.8) is 0 Å². The summed E-state index contributed by atoms with van der Waals surface area (Å²) in [5.41, 5.74) is 5.99. The first-order chi connectivity index (χ1) is 8.88. The summed E-state index contributed by atoms with van der Waals surface area (Å²) in [5, 5.41) is 0.298. The molecule has 108 valence electrons. The molecule has 0 unspecified atom stereocenters. The molecule has 0 aromatic heterocycles. The van der Waals surface area contributed by atoms with Gasteiger partial charge in [-0.15, -0.1) is 0 Å². The molecule has 7 heteroatoms. The fourth-order valence-corrected chi connectivity index (χ4v) is 3.98. The number of nitrogens with two attached hydrogens (primary N) is 1. The zero-order chi connectivity index (χ0) is 14.5. The zero-order valence-corrected chi connectivity index (χ0v) is 13.9. The second kappa shape index (κ2) is 7.47. The quantitative estimate of drug-likeness (QED) is 0.570. The number of nitrogen functional groups attached to an aromatic ring is 1. The largest absolute Gasteiger partial charge is 0.398 e. The number of nitrogens with one attached hydrogen (secondary N) is 1. The van der Waals surface area contributed by atoms with Gasteiger partial charge < -0.3 is 5.73 Å². The van der Waals surface area contributed by atoms with Crippen LogP contribution in [0.5, 0.6) is 0 Å². The Bertz CT molecular complexity index is 535. The maximum absolute atomic E-state index is 12.1. The van der Waals surface area contributed by atoms with Gasteiger partial charge in [0, 0.05) is 17.3 Å². The number of benzene rings is 1. The smallest absolute Gasteiger partial charge is 0.241 e. The lowest BCUT2D eigenvalue weighted by atomic mass is 10.2. The lowest BCUT2D eigenvalue weighted by Crippen LogP contribution is -2.25. The first-order valence-electron chi connectivity index (χ1n) is 6.12. The Morgan fingerprint density at radius 2 is 2.00 bits per heavy atom. The van der Waals surface area contributed by atoms with Crippen LogP contribution in [-0.4, -0.2) is 15.0 Å². The standard InChI is InChI=1S/C12H18BrClN2O2S/c1-2-3-4-5-6-16-19(17,18)11-8-9(14)7-10(15)12(11)13/h7-8,16H,2-6,15H2,1H3. The Balaban J connectivity index is 2.78. The molecule has 0 aliphatic heterocycles. The molecule has 3 N–H and O–H groups in total. The molecule has 0 saturated carbocycles. The molecular weight excluding hydrogens is 352 g/mol. The van der Waals surface area contributed by atoms with Crippen molar-refractivity contribution in [1.29, 1.82) is 0 Å². The summed E-state index contributed by atoms with van der Waals surface area (Å²) in [6.07, 6.45) is 4.05. The first kappa shape index (κ1) is 16.8. The normalized spacial score (nSPS) is 11.7. The van der Waals surface area contributed by atoms with Gasteiger partial charge in [0.2, 0.25) is 10.0 Å². The van der Waals surface area contributed by atoms with Crippen LogP contribution in [-0.2, 0) is 10.0 Å². The van der Waals surface area contributed by atoms with Crippen molar-refractivity contribution < 1.29 is 8.42 Å². The number of hydrogen-bond acceptors (Lipinski definition) is 3. The Morgan fingerprint density at radius 1 is 1.32 bits per heavy atom. The Morgan fingerprint density at radius 3 is 2.63 bits per heavy atom. The molecule has 1 aromatic rings. The zero-order valence-electron chi connectivity index (χ0n) is 10.7. The average Bonchev–Trinajstić information content (AvgIpc) is 2.33. The van der Waals surface area contributed by atoms with Crippen molar-refractivity contribution in [3.8, 4) is 0 Å². The van der Waals surface area contributed by atoms with Crippen LogP contribution in [0, 0.1) is 0 Å². The van der Waals surface area contributed by atoms with Gasteiger partial charge in [-0.3, -0.25) is 0 Å². The van der Waals surface area contributed by atoms with Crippen LogP contribution >= 0.6 is 27.5 Å². The highest BCUT2D eigenvalue weighted by Crippen LogP contribution is 2.31. The van der Waals surface area contributed by atoms with Crippen molar-refractivity contribution in [3.05, 3.63) is 21.6 Å². The molecule has 0 bridgehead atoms. The third kappa shape index (κ3) is 4.95. The Kier molecular flexibility index (Phi) is 6.59. The van der Waals surface area contributed by atoms with E-state index in [2.05, 4.69) is 27.6 Å². The van der Waals surface area contributed by atoms with Crippen molar-refractivity contribution >= 4 is 43.2 Å². The van der Waals surface area contributed by atoms with Gasteiger partial charge in [-0.2, -0.15) is 0 Å². The van der Waals surface area contributed by atoms with E-state index in [1.165, 1.54) is 12.1 Å². The van der Waals surface area contributed by atoms with Gasteiger partial charge >= 0.3 is 0 Å². The lowest BCUT2D eigenvalue weighted by Gasteiger charge is -2.10. The van der Waals surface area contributed by atoms with Gasteiger partial charge in [-0.25, -0.2) is 13.1 Å². The minimum atomic E-state index is -3.58. The fraction of sp³-hybridized carbons (Fsp3) is 0.500. The van der Waals surface area contributed by atoms with E-state index in [1.807, 2.05) is 0 Å². The Labute approximate surface area is 127 Å². The Hall–Kier alpha value is -0.300. The van der Waals surface area contributed by atoms with Crippen LogP contribution < -0.4 is 10.5 Å². The number of unbranched alkanes of at least 4 members (excludes halogenated alkanes) is 3. The molecule has 0 fully saturated rings. The molecule has 0 radical (unpaired) electrons. The van der Waals surface area contributed by atoms with Gasteiger partial charge in [0.05, 0.1) is 9.37 Å². The maximum Gasteiger partial charge on any atom is 0.241 e. The molecule has 0 spiro atoms. The van der Waals surface area contributed by atoms with Crippen molar-refractivity contribution in [2.24, 2.45) is 0 Å². The molecule has 0 atom stereocenters. The summed E-state index contributed by atoms with van der Waals surface area (Å²) < 4.78 is 27.2. The molecular formula is C12H18BrClN2O2S. The highest BCUT2D eigenvalue weighted by Gasteiger charge is 2.19.